The Morgan fingerprint density at radius 2 is 2.12 bits per heavy atom. The maximum absolute atomic E-state index is 8.36. The van der Waals surface area contributed by atoms with Crippen molar-refractivity contribution in [2.75, 3.05) is 0 Å². The third kappa shape index (κ3) is 4.73. The van der Waals surface area contributed by atoms with Crippen molar-refractivity contribution in [1.29, 1.82) is 0 Å². The second-order valence-corrected chi connectivity index (χ2v) is 6.47. The standard InChI is InChI=1S/C10H15BrN2S.CH2O2/c11-8-6-13-10(14-8)9(12)7-4-2-1-3-5-7;2-1-3/h6-7,9H,1-5,12H2;1H,(H,2,3). The van der Waals surface area contributed by atoms with Gasteiger partial charge in [0.05, 0.1) is 16.0 Å². The van der Waals surface area contributed by atoms with E-state index in [-0.39, 0.29) is 12.5 Å². The van der Waals surface area contributed by atoms with Crippen molar-refractivity contribution in [3.8, 4) is 0 Å². The SMILES string of the molecule is NC(c1ncc(Br)s1)C1CCCCC1.O=CO. The number of hydrogen-bond acceptors (Lipinski definition) is 4. The molecule has 6 heteroatoms. The Kier molecular flexibility index (Phi) is 6.69. The Hall–Kier alpha value is -0.460. The van der Waals surface area contributed by atoms with E-state index in [2.05, 4.69) is 20.9 Å². The predicted molar refractivity (Wildman–Crippen MR) is 72.0 cm³/mol. The second kappa shape index (κ2) is 7.79. The van der Waals surface area contributed by atoms with Crippen molar-refractivity contribution in [3.05, 3.63) is 15.0 Å². The van der Waals surface area contributed by atoms with Crippen LogP contribution in [0.1, 0.15) is 43.2 Å². The van der Waals surface area contributed by atoms with Gasteiger partial charge in [-0.2, -0.15) is 0 Å². The molecule has 1 heterocycles. The molecule has 1 aliphatic rings. The number of carboxylic acid groups (broad SMARTS) is 1. The van der Waals surface area contributed by atoms with Gasteiger partial charge in [-0.05, 0) is 34.7 Å². The summed E-state index contributed by atoms with van der Waals surface area (Å²) in [6, 6.07) is 0.159. The molecule has 1 atom stereocenters. The van der Waals surface area contributed by atoms with E-state index in [9.17, 15) is 0 Å². The smallest absolute Gasteiger partial charge is 0.290 e. The second-order valence-electron chi connectivity index (χ2n) is 4.03. The molecular weight excluding hydrogens is 304 g/mol. The van der Waals surface area contributed by atoms with Crippen LogP contribution in [0.5, 0.6) is 0 Å². The molecular formula is C11H17BrN2O2S. The lowest BCUT2D eigenvalue weighted by Crippen LogP contribution is -2.23. The fraction of sp³-hybridized carbons (Fsp3) is 0.636. The van der Waals surface area contributed by atoms with Crippen LogP contribution in [0.25, 0.3) is 0 Å². The van der Waals surface area contributed by atoms with E-state index in [1.807, 2.05) is 6.20 Å². The molecule has 1 saturated carbocycles. The van der Waals surface area contributed by atoms with Gasteiger partial charge in [-0.15, -0.1) is 11.3 Å². The highest BCUT2D eigenvalue weighted by molar-refractivity contribution is 9.11. The van der Waals surface area contributed by atoms with E-state index in [4.69, 9.17) is 15.6 Å². The summed E-state index contributed by atoms with van der Waals surface area (Å²) in [6.07, 6.45) is 8.46. The van der Waals surface area contributed by atoms with E-state index in [0.717, 1.165) is 8.79 Å². The zero-order valence-electron chi connectivity index (χ0n) is 9.51. The Morgan fingerprint density at radius 1 is 1.53 bits per heavy atom. The molecule has 0 saturated heterocycles. The molecule has 0 spiro atoms. The predicted octanol–water partition coefficient (Wildman–Crippen LogP) is 3.19. The highest BCUT2D eigenvalue weighted by Crippen LogP contribution is 2.35. The molecule has 0 amide bonds. The maximum atomic E-state index is 8.36. The first-order chi connectivity index (χ1) is 8.19. The molecule has 1 unspecified atom stereocenters. The van der Waals surface area contributed by atoms with Crippen LogP contribution in [-0.2, 0) is 4.79 Å². The average molecular weight is 321 g/mol. The van der Waals surface area contributed by atoms with Gasteiger partial charge in [0.2, 0.25) is 0 Å². The molecule has 0 radical (unpaired) electrons. The topological polar surface area (TPSA) is 76.2 Å². The summed E-state index contributed by atoms with van der Waals surface area (Å²) in [4.78, 5) is 12.7. The number of halogens is 1. The molecule has 1 aromatic rings. The molecule has 0 aromatic carbocycles. The van der Waals surface area contributed by atoms with Crippen molar-refractivity contribution < 1.29 is 9.90 Å². The van der Waals surface area contributed by atoms with Crippen LogP contribution in [0, 0.1) is 5.92 Å². The minimum Gasteiger partial charge on any atom is -0.483 e. The first kappa shape index (κ1) is 14.6. The minimum absolute atomic E-state index is 0.159. The number of hydrogen-bond donors (Lipinski definition) is 2. The summed E-state index contributed by atoms with van der Waals surface area (Å²) in [5.41, 5.74) is 6.21. The fourth-order valence-electron chi connectivity index (χ4n) is 2.12. The number of aromatic nitrogens is 1. The van der Waals surface area contributed by atoms with E-state index in [1.54, 1.807) is 11.3 Å². The van der Waals surface area contributed by atoms with Crippen molar-refractivity contribution in [3.63, 3.8) is 0 Å². The molecule has 1 aromatic heterocycles. The highest BCUT2D eigenvalue weighted by Gasteiger charge is 2.23. The average Bonchev–Trinajstić information content (AvgIpc) is 2.77. The van der Waals surface area contributed by atoms with Gasteiger partial charge in [-0.25, -0.2) is 4.98 Å². The molecule has 3 N–H and O–H groups in total. The van der Waals surface area contributed by atoms with E-state index < -0.39 is 0 Å². The molecule has 17 heavy (non-hydrogen) atoms. The summed E-state index contributed by atoms with van der Waals surface area (Å²) in [6.45, 7) is -0.250. The van der Waals surface area contributed by atoms with E-state index in [1.165, 1.54) is 32.1 Å². The summed E-state index contributed by atoms with van der Waals surface area (Å²) < 4.78 is 1.08. The number of nitrogens with two attached hydrogens (primary N) is 1. The van der Waals surface area contributed by atoms with E-state index in [0.29, 0.717) is 5.92 Å². The van der Waals surface area contributed by atoms with Crippen LogP contribution in [0.2, 0.25) is 0 Å². The monoisotopic (exact) mass is 320 g/mol. The first-order valence-corrected chi connectivity index (χ1v) is 7.24. The third-order valence-corrected chi connectivity index (χ3v) is 4.52. The highest BCUT2D eigenvalue weighted by atomic mass is 79.9. The van der Waals surface area contributed by atoms with Crippen LogP contribution in [-0.4, -0.2) is 16.6 Å². The molecule has 2 rings (SSSR count). The van der Waals surface area contributed by atoms with Gasteiger partial charge < -0.3 is 10.8 Å². The van der Waals surface area contributed by atoms with Gasteiger partial charge in [0.25, 0.3) is 6.47 Å². The Morgan fingerprint density at radius 3 is 2.59 bits per heavy atom. The fourth-order valence-corrected chi connectivity index (χ4v) is 3.46. The summed E-state index contributed by atoms with van der Waals surface area (Å²) in [7, 11) is 0. The van der Waals surface area contributed by atoms with Crippen molar-refractivity contribution >= 4 is 33.7 Å². The number of rotatable bonds is 2. The van der Waals surface area contributed by atoms with E-state index >= 15 is 0 Å². The van der Waals surface area contributed by atoms with Crippen LogP contribution in [0.3, 0.4) is 0 Å². The third-order valence-electron chi connectivity index (χ3n) is 2.94. The normalized spacial score (nSPS) is 18.0. The molecule has 0 aliphatic heterocycles. The van der Waals surface area contributed by atoms with Crippen LogP contribution >= 0.6 is 27.3 Å². The van der Waals surface area contributed by atoms with Crippen LogP contribution < -0.4 is 5.73 Å². The number of nitrogens with zero attached hydrogens (tertiary/aromatic N) is 1. The summed E-state index contributed by atoms with van der Waals surface area (Å²) in [5, 5.41) is 7.98. The molecule has 1 aliphatic carbocycles. The first-order valence-electron chi connectivity index (χ1n) is 5.63. The Balaban J connectivity index is 0.000000437. The zero-order valence-corrected chi connectivity index (χ0v) is 11.9. The van der Waals surface area contributed by atoms with Gasteiger partial charge in [-0.1, -0.05) is 19.3 Å². The van der Waals surface area contributed by atoms with Crippen molar-refractivity contribution in [2.24, 2.45) is 11.7 Å². The zero-order chi connectivity index (χ0) is 12.7. The van der Waals surface area contributed by atoms with Gasteiger partial charge in [0.1, 0.15) is 5.01 Å². The largest absolute Gasteiger partial charge is 0.483 e. The minimum atomic E-state index is -0.250. The molecule has 4 nitrogen and oxygen atoms in total. The maximum Gasteiger partial charge on any atom is 0.290 e. The molecule has 96 valence electrons. The Labute approximate surface area is 113 Å². The lowest BCUT2D eigenvalue weighted by Gasteiger charge is -2.25. The molecule has 1 fully saturated rings. The van der Waals surface area contributed by atoms with Crippen molar-refractivity contribution in [1.82, 2.24) is 4.98 Å². The summed E-state index contributed by atoms with van der Waals surface area (Å²) in [5.74, 6) is 0.654. The van der Waals surface area contributed by atoms with Gasteiger partial charge in [-0.3, -0.25) is 4.79 Å². The van der Waals surface area contributed by atoms with Gasteiger partial charge >= 0.3 is 0 Å². The molecule has 0 bridgehead atoms. The quantitative estimate of drug-likeness (QED) is 0.820. The lowest BCUT2D eigenvalue weighted by molar-refractivity contribution is -0.122. The van der Waals surface area contributed by atoms with Crippen molar-refractivity contribution in [2.45, 2.75) is 38.1 Å². The van der Waals surface area contributed by atoms with Crippen LogP contribution in [0.15, 0.2) is 9.98 Å². The lowest BCUT2D eigenvalue weighted by atomic mass is 9.84. The summed E-state index contributed by atoms with van der Waals surface area (Å²) >= 11 is 5.09. The van der Waals surface area contributed by atoms with Crippen LogP contribution in [0.4, 0.5) is 0 Å². The number of thiazole rings is 1. The van der Waals surface area contributed by atoms with Gasteiger partial charge in [0.15, 0.2) is 0 Å². The van der Waals surface area contributed by atoms with Gasteiger partial charge in [0, 0.05) is 0 Å². The Bertz CT molecular complexity index is 340. The number of carbonyl (C=O) groups is 1.